The Balaban J connectivity index is -0.0000000200. The summed E-state index contributed by atoms with van der Waals surface area (Å²) in [6.07, 6.45) is 0. The second-order valence-corrected chi connectivity index (χ2v) is 0.261. The van der Waals surface area contributed by atoms with Crippen molar-refractivity contribution in [3.05, 3.63) is 0 Å². The van der Waals surface area contributed by atoms with Crippen LogP contribution < -0.4 is 0 Å². The van der Waals surface area contributed by atoms with Crippen LogP contribution in [0.2, 0.25) is 0 Å². The second kappa shape index (κ2) is 18.1. The molecule has 0 aromatic rings. The fraction of sp³-hybridized carbons (Fsp3) is 0. The van der Waals surface area contributed by atoms with E-state index in [0.717, 1.165) is 0 Å². The molecule has 0 aliphatic heterocycles. The van der Waals surface area contributed by atoms with Crippen LogP contribution in [0, 0.1) is 0 Å². The summed E-state index contributed by atoms with van der Waals surface area (Å²) in [5.74, 6) is 0. The van der Waals surface area contributed by atoms with Gasteiger partial charge in [-0.1, -0.05) is 0 Å². The van der Waals surface area contributed by atoms with Gasteiger partial charge in [0.1, 0.15) is 0 Å². The first kappa shape index (κ1) is 16.1. The van der Waals surface area contributed by atoms with Gasteiger partial charge in [-0.2, -0.15) is 0 Å². The molecule has 0 aromatic heterocycles. The summed E-state index contributed by atoms with van der Waals surface area (Å²) >= 11 is -0.375. The quantitative estimate of drug-likeness (QED) is 0.494. The molecule has 0 radical (unpaired) electrons. The Labute approximate surface area is 57.2 Å². The van der Waals surface area contributed by atoms with E-state index in [1.165, 1.54) is 0 Å². The first-order valence-corrected chi connectivity index (χ1v) is 1.17. The molecule has 5 heteroatoms. The van der Waals surface area contributed by atoms with Gasteiger partial charge in [0.15, 0.2) is 0 Å². The van der Waals surface area contributed by atoms with Crippen LogP contribution in [0.15, 0.2) is 0 Å². The SMILES string of the molecule is [Fe].[Ni].[OH][Ni][OH]. The molecule has 0 atom stereocenters. The van der Waals surface area contributed by atoms with E-state index in [4.69, 9.17) is 8.50 Å². The summed E-state index contributed by atoms with van der Waals surface area (Å²) in [5, 5.41) is 0. The van der Waals surface area contributed by atoms with Crippen LogP contribution in [0.4, 0.5) is 0 Å². The molecule has 0 bridgehead atoms. The fourth-order valence-electron chi connectivity index (χ4n) is 0. The Kier molecular flexibility index (Phi) is 58.2. The molecule has 0 aromatic carbocycles. The van der Waals surface area contributed by atoms with Crippen LogP contribution in [0.5, 0.6) is 0 Å². The Morgan fingerprint density at radius 2 is 1.20 bits per heavy atom. The molecule has 0 aliphatic carbocycles. The van der Waals surface area contributed by atoms with Gasteiger partial charge in [0.2, 0.25) is 0 Å². The summed E-state index contributed by atoms with van der Waals surface area (Å²) in [7, 11) is 0. The number of hydrogen-bond acceptors (Lipinski definition) is 2. The molecule has 0 aliphatic rings. The summed E-state index contributed by atoms with van der Waals surface area (Å²) in [5.41, 5.74) is 0. The molecular weight excluding hydrogens is 205 g/mol. The van der Waals surface area contributed by atoms with E-state index in [0.29, 0.717) is 0 Å². The number of hydrogen-bond donors (Lipinski definition) is 2. The van der Waals surface area contributed by atoms with Gasteiger partial charge in [0, 0.05) is 33.6 Å². The third-order valence-corrected chi connectivity index (χ3v) is 0. The van der Waals surface area contributed by atoms with Crippen LogP contribution in [-0.4, -0.2) is 8.50 Å². The van der Waals surface area contributed by atoms with E-state index in [1.807, 2.05) is 0 Å². The average molecular weight is 207 g/mol. The molecule has 0 saturated carbocycles. The zero-order chi connectivity index (χ0) is 2.71. The van der Waals surface area contributed by atoms with Crippen LogP contribution in [0.25, 0.3) is 0 Å². The van der Waals surface area contributed by atoms with Crippen LogP contribution >= 0.6 is 0 Å². The van der Waals surface area contributed by atoms with Gasteiger partial charge in [0.05, 0.1) is 0 Å². The molecule has 0 spiro atoms. The molecule has 2 N–H and O–H groups in total. The van der Waals surface area contributed by atoms with Crippen LogP contribution in [-0.2, 0) is 48.6 Å². The molecule has 2 nitrogen and oxygen atoms in total. The van der Waals surface area contributed by atoms with E-state index in [2.05, 4.69) is 0 Å². The van der Waals surface area contributed by atoms with Gasteiger partial charge in [-0.3, -0.25) is 0 Å². The minimum atomic E-state index is -0.375. The van der Waals surface area contributed by atoms with Gasteiger partial charge in [-0.25, -0.2) is 0 Å². The summed E-state index contributed by atoms with van der Waals surface area (Å²) < 4.78 is 14.1. The van der Waals surface area contributed by atoms with E-state index < -0.39 is 0 Å². The fourth-order valence-corrected chi connectivity index (χ4v) is 0. The standard InChI is InChI=1S/Fe.2Ni.2H2O/h;;;2*1H2/q;;+2;;/p-2. The van der Waals surface area contributed by atoms with Crippen LogP contribution in [0.1, 0.15) is 0 Å². The van der Waals surface area contributed by atoms with Crippen LogP contribution in [0.3, 0.4) is 0 Å². The van der Waals surface area contributed by atoms with Gasteiger partial charge >= 0.3 is 23.6 Å². The van der Waals surface area contributed by atoms with Crippen molar-refractivity contribution in [3.8, 4) is 0 Å². The Morgan fingerprint density at radius 1 is 1.20 bits per heavy atom. The first-order valence-electron chi connectivity index (χ1n) is 0.283. The molecule has 0 saturated heterocycles. The topological polar surface area (TPSA) is 40.5 Å². The van der Waals surface area contributed by atoms with Crippen molar-refractivity contribution in [2.45, 2.75) is 0 Å². The molecule has 0 unspecified atom stereocenters. The van der Waals surface area contributed by atoms with Crippen molar-refractivity contribution in [1.29, 1.82) is 0 Å². The minimum absolute atomic E-state index is 0. The first-order chi connectivity index (χ1) is 1.41. The zero-order valence-corrected chi connectivity index (χ0v) is 4.96. The normalized spacial score (nSPS) is 4.40. The number of rotatable bonds is 0. The predicted molar refractivity (Wildman–Crippen MR) is 4.44 cm³/mol. The van der Waals surface area contributed by atoms with E-state index in [9.17, 15) is 0 Å². The Morgan fingerprint density at radius 3 is 1.20 bits per heavy atom. The van der Waals surface area contributed by atoms with Crippen molar-refractivity contribution in [3.63, 3.8) is 0 Å². The Bertz CT molecular complexity index is 7.61. The van der Waals surface area contributed by atoms with Gasteiger partial charge in [-0.15, -0.1) is 0 Å². The van der Waals surface area contributed by atoms with Crippen molar-refractivity contribution in [1.82, 2.24) is 0 Å². The van der Waals surface area contributed by atoms with Crippen molar-refractivity contribution >= 4 is 0 Å². The Hall–Kier alpha value is 1.43. The van der Waals surface area contributed by atoms with Crippen molar-refractivity contribution in [2.24, 2.45) is 0 Å². The molecule has 0 amide bonds. The average Bonchev–Trinajstić information content (AvgIpc) is 0.918. The summed E-state index contributed by atoms with van der Waals surface area (Å²) in [6, 6.07) is 0. The maximum atomic E-state index is 7.06. The predicted octanol–water partition coefficient (Wildman–Crippen LogP) is -1.12. The van der Waals surface area contributed by atoms with Crippen molar-refractivity contribution < 1.29 is 57.1 Å². The monoisotopic (exact) mass is 206 g/mol. The third kappa shape index (κ3) is 31.3. The van der Waals surface area contributed by atoms with E-state index in [-0.39, 0.29) is 48.6 Å². The van der Waals surface area contributed by atoms with Gasteiger partial charge in [-0.05, 0) is 0 Å². The molecule has 0 heterocycles. The zero-order valence-electron chi connectivity index (χ0n) is 1.88. The maximum absolute atomic E-state index is 7.06. The molecule has 42 valence electrons. The molecule has 0 rings (SSSR count). The van der Waals surface area contributed by atoms with E-state index >= 15 is 0 Å². The van der Waals surface area contributed by atoms with Gasteiger partial charge in [0.25, 0.3) is 0 Å². The molecule has 0 fully saturated rings. The summed E-state index contributed by atoms with van der Waals surface area (Å²) in [4.78, 5) is 0. The van der Waals surface area contributed by atoms with Gasteiger partial charge < -0.3 is 0 Å². The third-order valence-electron chi connectivity index (χ3n) is 0. The summed E-state index contributed by atoms with van der Waals surface area (Å²) in [6.45, 7) is 0. The van der Waals surface area contributed by atoms with E-state index in [1.54, 1.807) is 0 Å². The second-order valence-electron chi connectivity index (χ2n) is 0.0632. The molecular formula is H2FeNi2O2. The molecule has 5 heavy (non-hydrogen) atoms. The van der Waals surface area contributed by atoms with Crippen molar-refractivity contribution in [2.75, 3.05) is 0 Å².